The molecule has 0 aliphatic heterocycles. The van der Waals surface area contributed by atoms with Crippen molar-refractivity contribution in [3.8, 4) is 11.1 Å². The Morgan fingerprint density at radius 2 is 1.67 bits per heavy atom. The zero-order chi connectivity index (χ0) is 14.7. The van der Waals surface area contributed by atoms with Gasteiger partial charge >= 0.3 is 0 Å². The van der Waals surface area contributed by atoms with Crippen LogP contribution in [0.3, 0.4) is 0 Å². The van der Waals surface area contributed by atoms with Crippen LogP contribution in [-0.4, -0.2) is 6.54 Å². The van der Waals surface area contributed by atoms with E-state index in [-0.39, 0.29) is 5.82 Å². The van der Waals surface area contributed by atoms with E-state index in [1.165, 1.54) is 42.4 Å². The molecule has 1 aliphatic carbocycles. The van der Waals surface area contributed by atoms with Gasteiger partial charge in [0.1, 0.15) is 5.82 Å². The third-order valence-electron chi connectivity index (χ3n) is 4.29. The summed E-state index contributed by atoms with van der Waals surface area (Å²) in [4.78, 5) is 0. The average Bonchev–Trinajstić information content (AvgIpc) is 2.53. The molecule has 0 unspecified atom stereocenters. The zero-order valence-electron chi connectivity index (χ0n) is 12.6. The normalized spacial score (nSPS) is 14.0. The molecule has 0 heterocycles. The van der Waals surface area contributed by atoms with E-state index in [4.69, 9.17) is 0 Å². The van der Waals surface area contributed by atoms with Crippen molar-refractivity contribution in [2.75, 3.05) is 6.54 Å². The lowest BCUT2D eigenvalue weighted by atomic mass is 9.89. The Hall–Kier alpha value is -1.67. The van der Waals surface area contributed by atoms with Gasteiger partial charge in [0.2, 0.25) is 0 Å². The third kappa shape index (κ3) is 3.16. The van der Waals surface area contributed by atoms with Crippen LogP contribution < -0.4 is 5.32 Å². The van der Waals surface area contributed by atoms with E-state index in [2.05, 4.69) is 23.5 Å². The number of hydrogen-bond donors (Lipinski definition) is 1. The van der Waals surface area contributed by atoms with Gasteiger partial charge in [-0.15, -0.1) is 0 Å². The Bertz CT molecular complexity index is 633. The summed E-state index contributed by atoms with van der Waals surface area (Å²) in [5.41, 5.74) is 6.01. The Kier molecular flexibility index (Phi) is 4.35. The average molecular weight is 283 g/mol. The number of rotatable bonds is 4. The summed E-state index contributed by atoms with van der Waals surface area (Å²) in [5, 5.41) is 3.19. The van der Waals surface area contributed by atoms with Crippen LogP contribution in [-0.2, 0) is 19.4 Å². The standard InChI is InChI=1S/C19H22FN/c1-2-21-13-18-12-17(9-10-19(18)20)16-8-7-14-5-3-4-6-15(14)11-16/h7-12,21H,2-6,13H2,1H3. The number of nitrogens with one attached hydrogen (secondary N) is 1. The fourth-order valence-corrected chi connectivity index (χ4v) is 3.06. The second kappa shape index (κ2) is 6.40. The van der Waals surface area contributed by atoms with Gasteiger partial charge in [-0.3, -0.25) is 0 Å². The minimum absolute atomic E-state index is 0.127. The van der Waals surface area contributed by atoms with Gasteiger partial charge in [0.15, 0.2) is 0 Å². The van der Waals surface area contributed by atoms with Gasteiger partial charge in [-0.2, -0.15) is 0 Å². The van der Waals surface area contributed by atoms with Gasteiger partial charge in [0.25, 0.3) is 0 Å². The molecule has 0 aromatic heterocycles. The van der Waals surface area contributed by atoms with E-state index >= 15 is 0 Å². The molecule has 1 aliphatic rings. The highest BCUT2D eigenvalue weighted by atomic mass is 19.1. The van der Waals surface area contributed by atoms with Crippen LogP contribution >= 0.6 is 0 Å². The first kappa shape index (κ1) is 14.3. The van der Waals surface area contributed by atoms with E-state index in [1.54, 1.807) is 6.07 Å². The maximum atomic E-state index is 13.8. The molecule has 2 aromatic rings. The molecule has 1 N–H and O–H groups in total. The molecule has 0 radical (unpaired) electrons. The summed E-state index contributed by atoms with van der Waals surface area (Å²) < 4.78 is 13.8. The van der Waals surface area contributed by atoms with Crippen molar-refractivity contribution in [2.45, 2.75) is 39.2 Å². The lowest BCUT2D eigenvalue weighted by Gasteiger charge is -2.17. The predicted octanol–water partition coefficient (Wildman–Crippen LogP) is 4.48. The summed E-state index contributed by atoms with van der Waals surface area (Å²) in [6.45, 7) is 3.47. The third-order valence-corrected chi connectivity index (χ3v) is 4.29. The molecule has 0 saturated carbocycles. The maximum Gasteiger partial charge on any atom is 0.127 e. The summed E-state index contributed by atoms with van der Waals surface area (Å²) >= 11 is 0. The Morgan fingerprint density at radius 1 is 0.952 bits per heavy atom. The molecule has 0 atom stereocenters. The molecule has 2 heteroatoms. The highest BCUT2D eigenvalue weighted by Gasteiger charge is 2.11. The first-order valence-corrected chi connectivity index (χ1v) is 7.89. The lowest BCUT2D eigenvalue weighted by Crippen LogP contribution is -2.13. The zero-order valence-corrected chi connectivity index (χ0v) is 12.6. The van der Waals surface area contributed by atoms with Gasteiger partial charge in [0, 0.05) is 12.1 Å². The molecule has 1 nitrogen and oxygen atoms in total. The predicted molar refractivity (Wildman–Crippen MR) is 85.9 cm³/mol. The molecule has 110 valence electrons. The van der Waals surface area contributed by atoms with Crippen molar-refractivity contribution in [2.24, 2.45) is 0 Å². The molecular formula is C19H22FN. The van der Waals surface area contributed by atoms with Crippen molar-refractivity contribution >= 4 is 0 Å². The summed E-state index contributed by atoms with van der Waals surface area (Å²) in [6.07, 6.45) is 4.96. The van der Waals surface area contributed by atoms with Crippen LogP contribution in [0.2, 0.25) is 0 Å². The van der Waals surface area contributed by atoms with Crippen LogP contribution in [0.1, 0.15) is 36.5 Å². The van der Waals surface area contributed by atoms with Gasteiger partial charge in [-0.1, -0.05) is 31.2 Å². The Balaban J connectivity index is 1.92. The number of halogens is 1. The molecule has 0 amide bonds. The Morgan fingerprint density at radius 3 is 2.48 bits per heavy atom. The van der Waals surface area contributed by atoms with Crippen LogP contribution in [0.5, 0.6) is 0 Å². The fraction of sp³-hybridized carbons (Fsp3) is 0.368. The fourth-order valence-electron chi connectivity index (χ4n) is 3.06. The van der Waals surface area contributed by atoms with Gasteiger partial charge < -0.3 is 5.32 Å². The van der Waals surface area contributed by atoms with E-state index in [0.717, 1.165) is 17.7 Å². The quantitative estimate of drug-likeness (QED) is 0.872. The largest absolute Gasteiger partial charge is 0.313 e. The molecule has 0 bridgehead atoms. The number of benzene rings is 2. The summed E-state index contributed by atoms with van der Waals surface area (Å²) in [7, 11) is 0. The Labute approximate surface area is 126 Å². The second-order valence-electron chi connectivity index (χ2n) is 5.78. The first-order chi connectivity index (χ1) is 10.3. The lowest BCUT2D eigenvalue weighted by molar-refractivity contribution is 0.593. The van der Waals surface area contributed by atoms with Crippen molar-refractivity contribution in [3.05, 3.63) is 58.9 Å². The van der Waals surface area contributed by atoms with Gasteiger partial charge in [-0.05, 0) is 66.6 Å². The number of aryl methyl sites for hydroxylation is 2. The van der Waals surface area contributed by atoms with Crippen LogP contribution in [0.15, 0.2) is 36.4 Å². The van der Waals surface area contributed by atoms with Crippen molar-refractivity contribution < 1.29 is 4.39 Å². The highest BCUT2D eigenvalue weighted by molar-refractivity contribution is 5.66. The molecule has 0 spiro atoms. The highest BCUT2D eigenvalue weighted by Crippen LogP contribution is 2.28. The van der Waals surface area contributed by atoms with Crippen molar-refractivity contribution in [3.63, 3.8) is 0 Å². The number of hydrogen-bond acceptors (Lipinski definition) is 1. The van der Waals surface area contributed by atoms with E-state index in [1.807, 2.05) is 19.1 Å². The molecule has 0 saturated heterocycles. The first-order valence-electron chi connectivity index (χ1n) is 7.89. The topological polar surface area (TPSA) is 12.0 Å². The summed E-state index contributed by atoms with van der Waals surface area (Å²) in [6, 6.07) is 12.2. The van der Waals surface area contributed by atoms with Gasteiger partial charge in [0.05, 0.1) is 0 Å². The molecule has 0 fully saturated rings. The van der Waals surface area contributed by atoms with Gasteiger partial charge in [-0.25, -0.2) is 4.39 Å². The maximum absolute atomic E-state index is 13.8. The van der Waals surface area contributed by atoms with Crippen molar-refractivity contribution in [1.82, 2.24) is 5.32 Å². The van der Waals surface area contributed by atoms with E-state index in [0.29, 0.717) is 6.54 Å². The molecule has 2 aromatic carbocycles. The van der Waals surface area contributed by atoms with Crippen molar-refractivity contribution in [1.29, 1.82) is 0 Å². The van der Waals surface area contributed by atoms with E-state index in [9.17, 15) is 4.39 Å². The molecular weight excluding hydrogens is 261 g/mol. The SMILES string of the molecule is CCNCc1cc(-c2ccc3c(c2)CCCC3)ccc1F. The molecule has 3 rings (SSSR count). The van der Waals surface area contributed by atoms with E-state index < -0.39 is 0 Å². The smallest absolute Gasteiger partial charge is 0.127 e. The minimum Gasteiger partial charge on any atom is -0.313 e. The van der Waals surface area contributed by atoms with Crippen LogP contribution in [0.4, 0.5) is 4.39 Å². The van der Waals surface area contributed by atoms with Crippen LogP contribution in [0, 0.1) is 5.82 Å². The second-order valence-corrected chi connectivity index (χ2v) is 5.78. The minimum atomic E-state index is -0.127. The van der Waals surface area contributed by atoms with Crippen LogP contribution in [0.25, 0.3) is 11.1 Å². The number of fused-ring (bicyclic) bond motifs is 1. The monoisotopic (exact) mass is 283 g/mol. The molecule has 21 heavy (non-hydrogen) atoms. The summed E-state index contributed by atoms with van der Waals surface area (Å²) in [5.74, 6) is -0.127.